The van der Waals surface area contributed by atoms with Crippen molar-refractivity contribution in [2.45, 2.75) is 93.5 Å². The monoisotopic (exact) mass is 454 g/mol. The van der Waals surface area contributed by atoms with Crippen molar-refractivity contribution in [1.29, 1.82) is 0 Å². The molecule has 0 aromatic heterocycles. The van der Waals surface area contributed by atoms with E-state index < -0.39 is 72.1 Å². The van der Waals surface area contributed by atoms with Gasteiger partial charge in [-0.15, -0.1) is 0 Å². The summed E-state index contributed by atoms with van der Waals surface area (Å²) in [5.74, 6) is -1.73. The Bertz CT molecular complexity index is 636. The van der Waals surface area contributed by atoms with E-state index in [0.717, 1.165) is 0 Å². The van der Waals surface area contributed by atoms with E-state index in [2.05, 4.69) is 0 Å². The number of hydrogen-bond donors (Lipinski definition) is 5. The maximum atomic E-state index is 10.9. The molecule has 0 saturated carbocycles. The van der Waals surface area contributed by atoms with Gasteiger partial charge in [0.05, 0.1) is 13.2 Å². The highest BCUT2D eigenvalue weighted by molar-refractivity contribution is 5.17. The first-order valence-electron chi connectivity index (χ1n) is 10.2. The van der Waals surface area contributed by atoms with Crippen LogP contribution >= 0.6 is 0 Å². The third kappa shape index (κ3) is 3.46. The minimum absolute atomic E-state index is 0.543. The molecule has 0 unspecified atom stereocenters. The highest BCUT2D eigenvalue weighted by Gasteiger charge is 2.72. The summed E-state index contributed by atoms with van der Waals surface area (Å²) in [5, 5.41) is 51.6. The molecule has 0 aliphatic carbocycles. The van der Waals surface area contributed by atoms with E-state index in [-0.39, 0.29) is 0 Å². The molecule has 2 saturated heterocycles. The number of ether oxygens (including phenoxy) is 6. The topological polar surface area (TPSA) is 157 Å². The molecule has 0 aromatic rings. The van der Waals surface area contributed by atoms with E-state index in [1.54, 1.807) is 20.8 Å². The maximum absolute atomic E-state index is 10.9. The van der Waals surface area contributed by atoms with E-state index in [1.165, 1.54) is 35.2 Å². The van der Waals surface area contributed by atoms with Crippen molar-refractivity contribution in [2.24, 2.45) is 0 Å². The zero-order valence-corrected chi connectivity index (χ0v) is 19.5. The van der Waals surface area contributed by atoms with Crippen LogP contribution < -0.4 is 0 Å². The Morgan fingerprint density at radius 1 is 0.742 bits per heavy atom. The molecule has 10 atom stereocenters. The van der Waals surface area contributed by atoms with E-state index in [1.807, 2.05) is 0 Å². The molecule has 0 bridgehead atoms. The highest BCUT2D eigenvalue weighted by atomic mass is 16.8. The predicted molar refractivity (Wildman–Crippen MR) is 106 cm³/mol. The third-order valence-electron chi connectivity index (χ3n) is 7.85. The summed E-state index contributed by atoms with van der Waals surface area (Å²) in [4.78, 5) is 0. The van der Waals surface area contributed by atoms with Crippen LogP contribution in [0.15, 0.2) is 0 Å². The number of aliphatic hydroxyl groups is 5. The molecule has 2 aliphatic heterocycles. The molecule has 184 valence electrons. The summed E-state index contributed by atoms with van der Waals surface area (Å²) in [7, 11) is 4.12. The van der Waals surface area contributed by atoms with Gasteiger partial charge in [0.1, 0.15) is 46.8 Å². The molecule has 11 nitrogen and oxygen atoms in total. The lowest BCUT2D eigenvalue weighted by atomic mass is 9.69. The van der Waals surface area contributed by atoms with Crippen molar-refractivity contribution < 1.29 is 54.0 Å². The van der Waals surface area contributed by atoms with Crippen LogP contribution in [0, 0.1) is 0 Å². The average Bonchev–Trinajstić information content (AvgIpc) is 2.75. The first kappa shape index (κ1) is 26.8. The third-order valence-corrected chi connectivity index (χ3v) is 7.85. The number of hydrogen-bond acceptors (Lipinski definition) is 11. The van der Waals surface area contributed by atoms with E-state index >= 15 is 0 Å². The quantitative estimate of drug-likeness (QED) is 0.305. The van der Waals surface area contributed by atoms with Crippen LogP contribution in [-0.2, 0) is 28.4 Å². The van der Waals surface area contributed by atoms with E-state index in [9.17, 15) is 25.5 Å². The predicted octanol–water partition coefficient (Wildman–Crippen LogP) is -1.48. The molecule has 0 spiro atoms. The highest BCUT2D eigenvalue weighted by Crippen LogP contribution is 2.53. The summed E-state index contributed by atoms with van der Waals surface area (Å²) in [6, 6.07) is 0. The van der Waals surface area contributed by atoms with Crippen LogP contribution in [0.5, 0.6) is 0 Å². The fourth-order valence-electron chi connectivity index (χ4n) is 4.89. The van der Waals surface area contributed by atoms with Crippen LogP contribution in [0.3, 0.4) is 0 Å². The van der Waals surface area contributed by atoms with Gasteiger partial charge in [0.15, 0.2) is 12.1 Å². The molecule has 2 aliphatic rings. The van der Waals surface area contributed by atoms with Gasteiger partial charge < -0.3 is 54.0 Å². The average molecular weight is 455 g/mol. The summed E-state index contributed by atoms with van der Waals surface area (Å²) in [6.07, 6.45) is -6.72. The maximum Gasteiger partial charge on any atom is 0.198 e. The molecule has 5 N–H and O–H groups in total. The zero-order valence-electron chi connectivity index (χ0n) is 19.5. The molecule has 0 amide bonds. The van der Waals surface area contributed by atoms with Gasteiger partial charge >= 0.3 is 0 Å². The zero-order chi connectivity index (χ0) is 24.0. The Labute approximate surface area is 182 Å². The van der Waals surface area contributed by atoms with Crippen molar-refractivity contribution in [2.75, 3.05) is 34.5 Å². The largest absolute Gasteiger partial charge is 0.394 e. The SMILES string of the molecule is CO[C@@]1(C)[C@@](C)(O[C@]2(C)[C@@H](CO)O[C@@H](O)[C@H](O)[C@@]2(C)OC)O[C@H](CO)[C@@H](O)[C@]1(C)OC. The summed E-state index contributed by atoms with van der Waals surface area (Å²) in [6.45, 7) is 6.69. The molecular formula is C20H38O11. The second kappa shape index (κ2) is 8.73. The Hall–Kier alpha value is -0.440. The van der Waals surface area contributed by atoms with Crippen LogP contribution in [0.1, 0.15) is 34.6 Å². The Morgan fingerprint density at radius 2 is 1.29 bits per heavy atom. The lowest BCUT2D eigenvalue weighted by molar-refractivity contribution is -0.469. The molecule has 0 aromatic carbocycles. The van der Waals surface area contributed by atoms with Crippen molar-refractivity contribution in [3.05, 3.63) is 0 Å². The van der Waals surface area contributed by atoms with Crippen LogP contribution in [-0.4, -0.2) is 119 Å². The Balaban J connectivity index is 2.67. The number of aliphatic hydroxyl groups excluding tert-OH is 5. The van der Waals surface area contributed by atoms with Crippen LogP contribution in [0.2, 0.25) is 0 Å². The smallest absolute Gasteiger partial charge is 0.198 e. The standard InChI is InChI=1S/C20H38O11/c1-16(12(10-22)29-15(25)14(24)17(16,2)26-6)31-20(5)19(4,28-8)18(3,27-7)13(23)11(9-21)30-20/h11-15,21-25H,9-10H2,1-8H3/t11-,12-,13-,14+,15-,16-,17-,18+,19-,20-/m1/s1. The van der Waals surface area contributed by atoms with Crippen molar-refractivity contribution in [3.63, 3.8) is 0 Å². The summed E-state index contributed by atoms with van der Waals surface area (Å²) >= 11 is 0. The lowest BCUT2D eigenvalue weighted by Crippen LogP contribution is -2.82. The van der Waals surface area contributed by atoms with Gasteiger partial charge in [0, 0.05) is 21.3 Å². The van der Waals surface area contributed by atoms with Gasteiger partial charge in [0.25, 0.3) is 0 Å². The molecule has 2 heterocycles. The first-order valence-corrected chi connectivity index (χ1v) is 10.2. The first-order chi connectivity index (χ1) is 14.2. The van der Waals surface area contributed by atoms with Gasteiger partial charge in [-0.05, 0) is 34.6 Å². The van der Waals surface area contributed by atoms with Crippen LogP contribution in [0.25, 0.3) is 0 Å². The summed E-state index contributed by atoms with van der Waals surface area (Å²) in [5.41, 5.74) is -6.07. The molecular weight excluding hydrogens is 416 g/mol. The molecule has 31 heavy (non-hydrogen) atoms. The fourth-order valence-corrected chi connectivity index (χ4v) is 4.89. The summed E-state index contributed by atoms with van der Waals surface area (Å²) < 4.78 is 35.0. The second-order valence-electron chi connectivity index (χ2n) is 8.94. The molecule has 2 fully saturated rings. The molecule has 2 rings (SSSR count). The lowest BCUT2D eigenvalue weighted by Gasteiger charge is -2.64. The van der Waals surface area contributed by atoms with Crippen molar-refractivity contribution >= 4 is 0 Å². The molecule has 0 radical (unpaired) electrons. The molecule has 11 heteroatoms. The minimum atomic E-state index is -1.73. The van der Waals surface area contributed by atoms with Crippen molar-refractivity contribution in [1.82, 2.24) is 0 Å². The Kier molecular flexibility index (Phi) is 7.55. The van der Waals surface area contributed by atoms with E-state index in [0.29, 0.717) is 0 Å². The Morgan fingerprint density at radius 3 is 1.71 bits per heavy atom. The van der Waals surface area contributed by atoms with Gasteiger partial charge in [-0.3, -0.25) is 0 Å². The van der Waals surface area contributed by atoms with Crippen molar-refractivity contribution in [3.8, 4) is 0 Å². The van der Waals surface area contributed by atoms with Gasteiger partial charge in [0.2, 0.25) is 0 Å². The van der Waals surface area contributed by atoms with Gasteiger partial charge in [-0.2, -0.15) is 0 Å². The minimum Gasteiger partial charge on any atom is -0.394 e. The normalized spacial score (nSPS) is 53.5. The fraction of sp³-hybridized carbons (Fsp3) is 1.00. The van der Waals surface area contributed by atoms with Gasteiger partial charge in [-0.25, -0.2) is 0 Å². The van der Waals surface area contributed by atoms with Gasteiger partial charge in [-0.1, -0.05) is 0 Å². The van der Waals surface area contributed by atoms with Crippen LogP contribution in [0.4, 0.5) is 0 Å². The van der Waals surface area contributed by atoms with E-state index in [4.69, 9.17) is 28.4 Å². The second-order valence-corrected chi connectivity index (χ2v) is 8.94. The number of methoxy groups -OCH3 is 3. The number of rotatable bonds is 7.